The van der Waals surface area contributed by atoms with Crippen LogP contribution in [-0.2, 0) is 19.1 Å². The fourth-order valence-electron chi connectivity index (χ4n) is 3.97. The van der Waals surface area contributed by atoms with Gasteiger partial charge in [0.15, 0.2) is 23.9 Å². The molecule has 0 spiro atoms. The molecule has 0 saturated carbocycles. The zero-order chi connectivity index (χ0) is 26.9. The van der Waals surface area contributed by atoms with Crippen LogP contribution in [0, 0.1) is 5.92 Å². The molecule has 1 aliphatic rings. The average molecular weight is 509 g/mol. The van der Waals surface area contributed by atoms with Crippen molar-refractivity contribution in [3.8, 4) is 11.5 Å². The van der Waals surface area contributed by atoms with Gasteiger partial charge >= 0.3 is 18.0 Å². The molecule has 2 rings (SSSR count). The van der Waals surface area contributed by atoms with Gasteiger partial charge in [0.25, 0.3) is 5.60 Å². The van der Waals surface area contributed by atoms with Crippen LogP contribution in [0.15, 0.2) is 24.3 Å². The Bertz CT molecular complexity index is 936. The Morgan fingerprint density at radius 2 is 1.67 bits per heavy atom. The van der Waals surface area contributed by atoms with Gasteiger partial charge in [-0.1, -0.05) is 12.1 Å². The summed E-state index contributed by atoms with van der Waals surface area (Å²) in [4.78, 5) is 50.4. The summed E-state index contributed by atoms with van der Waals surface area (Å²) in [6.45, 7) is 5.61. The van der Waals surface area contributed by atoms with E-state index in [1.807, 2.05) is 0 Å². The van der Waals surface area contributed by atoms with Gasteiger partial charge in [0, 0.05) is 25.9 Å². The van der Waals surface area contributed by atoms with Gasteiger partial charge < -0.3 is 35.1 Å². The molecule has 1 amide bonds. The number of aliphatic carboxylic acids is 2. The maximum absolute atomic E-state index is 13.3. The summed E-state index contributed by atoms with van der Waals surface area (Å²) in [6, 6.07) is 5.96. The summed E-state index contributed by atoms with van der Waals surface area (Å²) >= 11 is 0. The van der Waals surface area contributed by atoms with Crippen molar-refractivity contribution in [2.75, 3.05) is 26.2 Å². The molecule has 0 radical (unpaired) electrons. The highest BCUT2D eigenvalue weighted by Crippen LogP contribution is 2.33. The zero-order valence-electron chi connectivity index (χ0n) is 21.0. The van der Waals surface area contributed by atoms with E-state index in [1.54, 1.807) is 37.8 Å². The predicted octanol–water partition coefficient (Wildman–Crippen LogP) is 2.70. The smallest absolute Gasteiger partial charge is 0.410 e. The van der Waals surface area contributed by atoms with Crippen molar-refractivity contribution in [3.63, 3.8) is 0 Å². The molecule has 1 aliphatic heterocycles. The molecule has 4 N–H and O–H groups in total. The fraction of sp³-hybridized carbons (Fsp3) is 0.600. The average Bonchev–Trinajstić information content (AvgIpc) is 2.80. The van der Waals surface area contributed by atoms with Gasteiger partial charge in [-0.25, -0.2) is 14.4 Å². The Hall–Kier alpha value is -3.34. The van der Waals surface area contributed by atoms with Gasteiger partial charge in [-0.15, -0.1) is 0 Å². The second-order valence-corrected chi connectivity index (χ2v) is 9.77. The molecule has 11 nitrogen and oxygen atoms in total. The van der Waals surface area contributed by atoms with E-state index >= 15 is 0 Å². The minimum absolute atomic E-state index is 0.00450. The number of para-hydroxylation sites is 2. The van der Waals surface area contributed by atoms with Crippen molar-refractivity contribution >= 4 is 23.8 Å². The summed E-state index contributed by atoms with van der Waals surface area (Å²) < 4.78 is 16.3. The SMILES string of the molecule is CC(C)(C)OC(=O)N1CCC(CCC(=O)C(CCN)(Oc2ccccc2OCC(=O)O)C(=O)O)CC1. The van der Waals surface area contributed by atoms with E-state index in [0.29, 0.717) is 32.4 Å². The Morgan fingerprint density at radius 1 is 1.06 bits per heavy atom. The van der Waals surface area contributed by atoms with Crippen LogP contribution >= 0.6 is 0 Å². The van der Waals surface area contributed by atoms with E-state index in [0.717, 1.165) is 0 Å². The summed E-state index contributed by atoms with van der Waals surface area (Å²) in [6.07, 6.45) is 1.06. The summed E-state index contributed by atoms with van der Waals surface area (Å²) in [5.41, 5.74) is 2.83. The third-order valence-electron chi connectivity index (χ3n) is 5.82. The molecular formula is C25H36N2O9. The molecule has 0 aliphatic carbocycles. The molecule has 200 valence electrons. The highest BCUT2D eigenvalue weighted by atomic mass is 16.6. The third-order valence-corrected chi connectivity index (χ3v) is 5.82. The lowest BCUT2D eigenvalue weighted by Crippen LogP contribution is -2.53. The standard InChI is InChI=1S/C25H36N2O9/c1-24(2,3)36-23(33)27-14-10-17(11-15-27)8-9-20(28)25(12-13-26,22(31)32)35-19-7-5-4-6-18(19)34-16-21(29)30/h4-7,17H,8-16,26H2,1-3H3,(H,29,30)(H,31,32). The largest absolute Gasteiger partial charge is 0.479 e. The lowest BCUT2D eigenvalue weighted by molar-refractivity contribution is -0.163. The second kappa shape index (κ2) is 12.6. The van der Waals surface area contributed by atoms with Crippen molar-refractivity contribution < 1.29 is 43.6 Å². The number of nitrogens with two attached hydrogens (primary N) is 1. The molecule has 1 unspecified atom stereocenters. The van der Waals surface area contributed by atoms with Crippen LogP contribution in [0.2, 0.25) is 0 Å². The molecule has 36 heavy (non-hydrogen) atoms. The number of nitrogens with zero attached hydrogens (tertiary/aromatic N) is 1. The molecule has 1 aromatic carbocycles. The van der Waals surface area contributed by atoms with Crippen molar-refractivity contribution in [2.45, 2.75) is 64.1 Å². The molecule has 1 saturated heterocycles. The fourth-order valence-corrected chi connectivity index (χ4v) is 3.97. The van der Waals surface area contributed by atoms with Crippen LogP contribution in [-0.4, -0.2) is 76.4 Å². The molecular weight excluding hydrogens is 472 g/mol. The lowest BCUT2D eigenvalue weighted by atomic mass is 9.86. The minimum atomic E-state index is -2.24. The number of carboxylic acid groups (broad SMARTS) is 2. The Labute approximate surface area is 210 Å². The highest BCUT2D eigenvalue weighted by molar-refractivity contribution is 6.07. The van der Waals surface area contributed by atoms with E-state index in [1.165, 1.54) is 12.1 Å². The number of carboxylic acids is 2. The molecule has 1 atom stereocenters. The van der Waals surface area contributed by atoms with Gasteiger partial charge in [0.2, 0.25) is 0 Å². The van der Waals surface area contributed by atoms with E-state index < -0.39 is 35.5 Å². The second-order valence-electron chi connectivity index (χ2n) is 9.77. The number of ether oxygens (including phenoxy) is 3. The number of rotatable bonds is 12. The number of amides is 1. The minimum Gasteiger partial charge on any atom is -0.479 e. The van der Waals surface area contributed by atoms with Crippen LogP contribution in [0.4, 0.5) is 4.79 Å². The van der Waals surface area contributed by atoms with Gasteiger partial charge in [-0.3, -0.25) is 4.79 Å². The van der Waals surface area contributed by atoms with Crippen LogP contribution in [0.3, 0.4) is 0 Å². The van der Waals surface area contributed by atoms with Gasteiger partial charge in [0.05, 0.1) is 0 Å². The Morgan fingerprint density at radius 3 is 2.19 bits per heavy atom. The van der Waals surface area contributed by atoms with Crippen LogP contribution < -0.4 is 15.2 Å². The molecule has 1 heterocycles. The van der Waals surface area contributed by atoms with Gasteiger partial charge in [0.1, 0.15) is 5.60 Å². The Balaban J connectivity index is 2.07. The van der Waals surface area contributed by atoms with E-state index in [9.17, 15) is 24.3 Å². The first-order valence-electron chi connectivity index (χ1n) is 12.0. The number of piperidine rings is 1. The van der Waals surface area contributed by atoms with E-state index in [2.05, 4.69) is 0 Å². The maximum atomic E-state index is 13.3. The molecule has 0 aromatic heterocycles. The predicted molar refractivity (Wildman–Crippen MR) is 129 cm³/mol. The molecule has 11 heteroatoms. The third kappa shape index (κ3) is 8.11. The quantitative estimate of drug-likeness (QED) is 0.357. The number of carbonyl (C=O) groups excluding carboxylic acids is 2. The summed E-state index contributed by atoms with van der Waals surface area (Å²) in [5, 5.41) is 18.9. The van der Waals surface area contributed by atoms with Crippen molar-refractivity contribution in [1.82, 2.24) is 4.90 Å². The van der Waals surface area contributed by atoms with Crippen LogP contribution in [0.1, 0.15) is 52.9 Å². The van der Waals surface area contributed by atoms with Crippen LogP contribution in [0.5, 0.6) is 11.5 Å². The highest BCUT2D eigenvalue weighted by Gasteiger charge is 2.48. The number of carbonyl (C=O) groups is 4. The number of hydrogen-bond donors (Lipinski definition) is 3. The number of Topliss-reactive ketones (excluding diaryl/α,β-unsaturated/α-hetero) is 1. The van der Waals surface area contributed by atoms with Gasteiger partial charge in [-0.05, 0) is 64.6 Å². The van der Waals surface area contributed by atoms with E-state index in [-0.39, 0.29) is 42.9 Å². The molecule has 1 fully saturated rings. The Kier molecular flexibility index (Phi) is 10.1. The van der Waals surface area contributed by atoms with Crippen molar-refractivity contribution in [2.24, 2.45) is 11.7 Å². The zero-order valence-corrected chi connectivity index (χ0v) is 21.0. The number of hydrogen-bond acceptors (Lipinski definition) is 8. The number of ketones is 1. The summed E-state index contributed by atoms with van der Waals surface area (Å²) in [5.74, 6) is -3.26. The first-order valence-corrected chi connectivity index (χ1v) is 12.0. The lowest BCUT2D eigenvalue weighted by Gasteiger charge is -2.34. The first kappa shape index (κ1) is 28.9. The van der Waals surface area contributed by atoms with Crippen molar-refractivity contribution in [3.05, 3.63) is 24.3 Å². The number of benzene rings is 1. The maximum Gasteiger partial charge on any atom is 0.410 e. The monoisotopic (exact) mass is 508 g/mol. The van der Waals surface area contributed by atoms with Gasteiger partial charge in [-0.2, -0.15) is 0 Å². The molecule has 1 aromatic rings. The first-order chi connectivity index (χ1) is 16.9. The van der Waals surface area contributed by atoms with Crippen LogP contribution in [0.25, 0.3) is 0 Å². The topological polar surface area (TPSA) is 166 Å². The molecule has 0 bridgehead atoms. The summed E-state index contributed by atoms with van der Waals surface area (Å²) in [7, 11) is 0. The number of likely N-dealkylation sites (tertiary alicyclic amines) is 1. The van der Waals surface area contributed by atoms with Crippen molar-refractivity contribution in [1.29, 1.82) is 0 Å². The van der Waals surface area contributed by atoms with E-state index in [4.69, 9.17) is 25.1 Å². The normalized spacial score (nSPS) is 16.1.